The fraction of sp³-hybridized carbons (Fsp3) is 0. The van der Waals surface area contributed by atoms with Gasteiger partial charge in [0.2, 0.25) is 0 Å². The topological polar surface area (TPSA) is 53.8 Å². The van der Waals surface area contributed by atoms with Crippen LogP contribution in [0.1, 0.15) is 10.4 Å². The standard InChI is InChI=1S/C25H19N3O/c29-25(21-13-11-20(12-14-21)19-7-3-1-4-8-19)26-22-15-17-24(18-16-22)28-27-23-9-5-2-6-10-23/h1-18H,(H,26,29). The molecule has 0 heterocycles. The smallest absolute Gasteiger partial charge is 0.255 e. The zero-order chi connectivity index (χ0) is 19.9. The monoisotopic (exact) mass is 377 g/mol. The predicted octanol–water partition coefficient (Wildman–Crippen LogP) is 7.02. The number of azo groups is 1. The van der Waals surface area contributed by atoms with Crippen molar-refractivity contribution >= 4 is 23.0 Å². The van der Waals surface area contributed by atoms with E-state index in [1.54, 1.807) is 0 Å². The van der Waals surface area contributed by atoms with E-state index in [1.807, 2.05) is 109 Å². The van der Waals surface area contributed by atoms with Crippen molar-refractivity contribution in [2.24, 2.45) is 10.2 Å². The predicted molar refractivity (Wildman–Crippen MR) is 117 cm³/mol. The van der Waals surface area contributed by atoms with Crippen LogP contribution in [0.25, 0.3) is 11.1 Å². The summed E-state index contributed by atoms with van der Waals surface area (Å²) in [5.41, 5.74) is 5.04. The molecule has 0 bridgehead atoms. The van der Waals surface area contributed by atoms with Crippen molar-refractivity contribution in [1.29, 1.82) is 0 Å². The number of amides is 1. The van der Waals surface area contributed by atoms with Crippen LogP contribution < -0.4 is 5.32 Å². The second kappa shape index (κ2) is 8.76. The number of rotatable bonds is 5. The molecule has 1 amide bonds. The van der Waals surface area contributed by atoms with Gasteiger partial charge in [-0.2, -0.15) is 10.2 Å². The SMILES string of the molecule is O=C(Nc1ccc(N=Nc2ccccc2)cc1)c1ccc(-c2ccccc2)cc1. The van der Waals surface area contributed by atoms with E-state index < -0.39 is 0 Å². The highest BCUT2D eigenvalue weighted by Crippen LogP contribution is 2.22. The Balaban J connectivity index is 1.40. The van der Waals surface area contributed by atoms with Crippen LogP contribution in [-0.2, 0) is 0 Å². The van der Waals surface area contributed by atoms with Gasteiger partial charge in [-0.15, -0.1) is 0 Å². The molecule has 4 aromatic rings. The van der Waals surface area contributed by atoms with Crippen molar-refractivity contribution in [3.8, 4) is 11.1 Å². The second-order valence-corrected chi connectivity index (χ2v) is 6.48. The molecule has 0 saturated carbocycles. The minimum Gasteiger partial charge on any atom is -0.322 e. The molecule has 4 nitrogen and oxygen atoms in total. The molecule has 4 aromatic carbocycles. The molecule has 0 unspecified atom stereocenters. The summed E-state index contributed by atoms with van der Waals surface area (Å²) in [7, 11) is 0. The van der Waals surface area contributed by atoms with Crippen molar-refractivity contribution < 1.29 is 4.79 Å². The molecule has 4 rings (SSSR count). The Morgan fingerprint density at radius 2 is 1.07 bits per heavy atom. The number of benzene rings is 4. The number of hydrogen-bond acceptors (Lipinski definition) is 3. The molecule has 0 aliphatic carbocycles. The van der Waals surface area contributed by atoms with E-state index in [2.05, 4.69) is 15.5 Å². The summed E-state index contributed by atoms with van der Waals surface area (Å²) < 4.78 is 0. The molecule has 29 heavy (non-hydrogen) atoms. The van der Waals surface area contributed by atoms with Gasteiger partial charge in [0.1, 0.15) is 0 Å². The van der Waals surface area contributed by atoms with Gasteiger partial charge in [0.15, 0.2) is 0 Å². The van der Waals surface area contributed by atoms with E-state index in [9.17, 15) is 4.79 Å². The molecule has 0 aliphatic rings. The summed E-state index contributed by atoms with van der Waals surface area (Å²) in [6, 6.07) is 34.5. The van der Waals surface area contributed by atoms with Crippen LogP contribution in [0.5, 0.6) is 0 Å². The Morgan fingerprint density at radius 3 is 1.69 bits per heavy atom. The first-order valence-electron chi connectivity index (χ1n) is 9.32. The van der Waals surface area contributed by atoms with Crippen molar-refractivity contribution in [2.75, 3.05) is 5.32 Å². The first-order valence-corrected chi connectivity index (χ1v) is 9.32. The van der Waals surface area contributed by atoms with Crippen molar-refractivity contribution in [1.82, 2.24) is 0 Å². The highest BCUT2D eigenvalue weighted by molar-refractivity contribution is 6.04. The van der Waals surface area contributed by atoms with Crippen LogP contribution in [0.15, 0.2) is 119 Å². The molecule has 0 aliphatic heterocycles. The third kappa shape index (κ3) is 4.82. The third-order valence-corrected chi connectivity index (χ3v) is 4.42. The molecular formula is C25H19N3O. The summed E-state index contributed by atoms with van der Waals surface area (Å²) >= 11 is 0. The van der Waals surface area contributed by atoms with E-state index in [0.717, 1.165) is 22.5 Å². The van der Waals surface area contributed by atoms with E-state index >= 15 is 0 Å². The maximum atomic E-state index is 12.5. The molecule has 4 heteroatoms. The van der Waals surface area contributed by atoms with Crippen molar-refractivity contribution in [2.45, 2.75) is 0 Å². The number of nitrogens with one attached hydrogen (secondary N) is 1. The van der Waals surface area contributed by atoms with Gasteiger partial charge < -0.3 is 5.32 Å². The number of carbonyl (C=O) groups is 1. The first kappa shape index (κ1) is 18.3. The minimum absolute atomic E-state index is 0.150. The summed E-state index contributed by atoms with van der Waals surface area (Å²) in [4.78, 5) is 12.5. The van der Waals surface area contributed by atoms with Crippen LogP contribution >= 0.6 is 0 Å². The lowest BCUT2D eigenvalue weighted by atomic mass is 10.0. The number of carbonyl (C=O) groups excluding carboxylic acids is 1. The van der Waals surface area contributed by atoms with E-state index in [-0.39, 0.29) is 5.91 Å². The fourth-order valence-corrected chi connectivity index (χ4v) is 2.87. The van der Waals surface area contributed by atoms with E-state index in [0.29, 0.717) is 11.3 Å². The molecule has 0 atom stereocenters. The maximum absolute atomic E-state index is 12.5. The zero-order valence-corrected chi connectivity index (χ0v) is 15.7. The molecule has 0 radical (unpaired) electrons. The lowest BCUT2D eigenvalue weighted by Crippen LogP contribution is -2.11. The molecule has 1 N–H and O–H groups in total. The van der Waals surface area contributed by atoms with Gasteiger partial charge in [0.05, 0.1) is 11.4 Å². The van der Waals surface area contributed by atoms with Crippen LogP contribution in [0.3, 0.4) is 0 Å². The van der Waals surface area contributed by atoms with Crippen LogP contribution in [0.4, 0.5) is 17.1 Å². The highest BCUT2D eigenvalue weighted by atomic mass is 16.1. The first-order chi connectivity index (χ1) is 14.3. The summed E-state index contributed by atoms with van der Waals surface area (Å²) in [5.74, 6) is -0.150. The Hall–Kier alpha value is -4.05. The molecule has 140 valence electrons. The lowest BCUT2D eigenvalue weighted by Gasteiger charge is -2.07. The van der Waals surface area contributed by atoms with Crippen LogP contribution in [-0.4, -0.2) is 5.91 Å². The normalized spacial score (nSPS) is 10.8. The Kier molecular flexibility index (Phi) is 5.53. The Bertz CT molecular complexity index is 1100. The third-order valence-electron chi connectivity index (χ3n) is 4.42. The van der Waals surface area contributed by atoms with Gasteiger partial charge in [-0.05, 0) is 59.7 Å². The average Bonchev–Trinajstić information content (AvgIpc) is 2.80. The fourth-order valence-electron chi connectivity index (χ4n) is 2.87. The Labute approximate surface area is 169 Å². The van der Waals surface area contributed by atoms with Gasteiger partial charge in [-0.1, -0.05) is 60.7 Å². The molecule has 0 spiro atoms. The minimum atomic E-state index is -0.150. The maximum Gasteiger partial charge on any atom is 0.255 e. The number of nitrogens with zero attached hydrogens (tertiary/aromatic N) is 2. The van der Waals surface area contributed by atoms with Gasteiger partial charge in [-0.25, -0.2) is 0 Å². The largest absolute Gasteiger partial charge is 0.322 e. The van der Waals surface area contributed by atoms with Crippen molar-refractivity contribution in [3.05, 3.63) is 115 Å². The van der Waals surface area contributed by atoms with Gasteiger partial charge >= 0.3 is 0 Å². The quantitative estimate of drug-likeness (QED) is 0.373. The molecule has 0 fully saturated rings. The number of hydrogen-bond donors (Lipinski definition) is 1. The highest BCUT2D eigenvalue weighted by Gasteiger charge is 2.06. The second-order valence-electron chi connectivity index (χ2n) is 6.48. The lowest BCUT2D eigenvalue weighted by molar-refractivity contribution is 0.102. The van der Waals surface area contributed by atoms with Crippen LogP contribution in [0, 0.1) is 0 Å². The van der Waals surface area contributed by atoms with Gasteiger partial charge in [0.25, 0.3) is 5.91 Å². The summed E-state index contributed by atoms with van der Waals surface area (Å²) in [5, 5.41) is 11.3. The molecule has 0 saturated heterocycles. The Morgan fingerprint density at radius 1 is 0.552 bits per heavy atom. The average molecular weight is 377 g/mol. The van der Waals surface area contributed by atoms with E-state index in [1.165, 1.54) is 0 Å². The van der Waals surface area contributed by atoms with Gasteiger partial charge in [0, 0.05) is 11.3 Å². The molecular weight excluding hydrogens is 358 g/mol. The summed E-state index contributed by atoms with van der Waals surface area (Å²) in [6.45, 7) is 0. The van der Waals surface area contributed by atoms with E-state index in [4.69, 9.17) is 0 Å². The zero-order valence-electron chi connectivity index (χ0n) is 15.7. The number of anilines is 1. The molecule has 0 aromatic heterocycles. The van der Waals surface area contributed by atoms with Gasteiger partial charge in [-0.3, -0.25) is 4.79 Å². The van der Waals surface area contributed by atoms with Crippen LogP contribution in [0.2, 0.25) is 0 Å². The summed E-state index contributed by atoms with van der Waals surface area (Å²) in [6.07, 6.45) is 0. The van der Waals surface area contributed by atoms with Crippen molar-refractivity contribution in [3.63, 3.8) is 0 Å².